The van der Waals surface area contributed by atoms with E-state index in [0.29, 0.717) is 17.5 Å². The highest BCUT2D eigenvalue weighted by atomic mass is 16.5. The molecule has 0 aromatic carbocycles. The van der Waals surface area contributed by atoms with Gasteiger partial charge in [-0.15, -0.1) is 0 Å². The Kier molecular flexibility index (Phi) is 6.78. The Labute approximate surface area is 120 Å². The van der Waals surface area contributed by atoms with Gasteiger partial charge in [-0.05, 0) is 24.7 Å². The SMILES string of the molecule is CCOCCN1CC(CC(C)C)NCC1C(C)(C)C. The Morgan fingerprint density at radius 3 is 2.53 bits per heavy atom. The van der Waals surface area contributed by atoms with Gasteiger partial charge in [0, 0.05) is 38.3 Å². The van der Waals surface area contributed by atoms with Crippen LogP contribution in [0.2, 0.25) is 0 Å². The number of nitrogens with one attached hydrogen (secondary N) is 1. The molecule has 19 heavy (non-hydrogen) atoms. The first kappa shape index (κ1) is 16.9. The molecule has 1 aliphatic rings. The van der Waals surface area contributed by atoms with E-state index in [-0.39, 0.29) is 0 Å². The van der Waals surface area contributed by atoms with Gasteiger partial charge >= 0.3 is 0 Å². The first-order valence-electron chi connectivity index (χ1n) is 7.89. The zero-order valence-electron chi connectivity index (χ0n) is 13.8. The van der Waals surface area contributed by atoms with Gasteiger partial charge in [0.15, 0.2) is 0 Å². The van der Waals surface area contributed by atoms with Gasteiger partial charge in [0.25, 0.3) is 0 Å². The highest BCUT2D eigenvalue weighted by molar-refractivity contribution is 4.92. The van der Waals surface area contributed by atoms with Crippen molar-refractivity contribution in [2.45, 2.75) is 60.0 Å². The summed E-state index contributed by atoms with van der Waals surface area (Å²) in [5.74, 6) is 0.762. The van der Waals surface area contributed by atoms with Crippen LogP contribution in [0.15, 0.2) is 0 Å². The Morgan fingerprint density at radius 2 is 2.00 bits per heavy atom. The molecule has 0 bridgehead atoms. The zero-order chi connectivity index (χ0) is 14.5. The van der Waals surface area contributed by atoms with Crippen molar-refractivity contribution in [2.24, 2.45) is 11.3 Å². The predicted octanol–water partition coefficient (Wildman–Crippen LogP) is 2.76. The lowest BCUT2D eigenvalue weighted by Gasteiger charge is -2.46. The van der Waals surface area contributed by atoms with Crippen molar-refractivity contribution in [1.29, 1.82) is 0 Å². The molecule has 1 aliphatic heterocycles. The van der Waals surface area contributed by atoms with Crippen LogP contribution in [-0.2, 0) is 4.74 Å². The highest BCUT2D eigenvalue weighted by Crippen LogP contribution is 2.27. The summed E-state index contributed by atoms with van der Waals surface area (Å²) >= 11 is 0. The Bertz CT molecular complexity index is 248. The molecule has 0 aromatic heterocycles. The molecule has 2 unspecified atom stereocenters. The largest absolute Gasteiger partial charge is 0.380 e. The summed E-state index contributed by atoms with van der Waals surface area (Å²) in [5, 5.41) is 3.74. The van der Waals surface area contributed by atoms with E-state index < -0.39 is 0 Å². The molecule has 0 aromatic rings. The van der Waals surface area contributed by atoms with Gasteiger partial charge in [0.1, 0.15) is 0 Å². The van der Waals surface area contributed by atoms with Crippen molar-refractivity contribution in [3.05, 3.63) is 0 Å². The third-order valence-electron chi connectivity index (χ3n) is 3.98. The Balaban J connectivity index is 2.58. The fourth-order valence-corrected chi connectivity index (χ4v) is 3.04. The van der Waals surface area contributed by atoms with Crippen LogP contribution >= 0.6 is 0 Å². The maximum atomic E-state index is 5.55. The fraction of sp³-hybridized carbons (Fsp3) is 1.00. The number of hydrogen-bond donors (Lipinski definition) is 1. The van der Waals surface area contributed by atoms with Gasteiger partial charge in [0.2, 0.25) is 0 Å². The quantitative estimate of drug-likeness (QED) is 0.751. The maximum Gasteiger partial charge on any atom is 0.0593 e. The summed E-state index contributed by atoms with van der Waals surface area (Å²) in [7, 11) is 0. The molecule has 0 radical (unpaired) electrons. The van der Waals surface area contributed by atoms with E-state index in [1.807, 2.05) is 0 Å². The van der Waals surface area contributed by atoms with Crippen molar-refractivity contribution < 1.29 is 4.74 Å². The van der Waals surface area contributed by atoms with Crippen LogP contribution in [-0.4, -0.2) is 49.8 Å². The molecule has 0 amide bonds. The van der Waals surface area contributed by atoms with Crippen LogP contribution < -0.4 is 5.32 Å². The van der Waals surface area contributed by atoms with Crippen LogP contribution in [0.3, 0.4) is 0 Å². The molecule has 1 saturated heterocycles. The third kappa shape index (κ3) is 5.80. The van der Waals surface area contributed by atoms with Crippen molar-refractivity contribution in [3.63, 3.8) is 0 Å². The highest BCUT2D eigenvalue weighted by Gasteiger charge is 2.35. The summed E-state index contributed by atoms with van der Waals surface area (Å²) in [4.78, 5) is 2.64. The molecular formula is C16H34N2O. The molecule has 0 aliphatic carbocycles. The lowest BCUT2D eigenvalue weighted by Crippen LogP contribution is -2.61. The second kappa shape index (κ2) is 7.61. The number of hydrogen-bond acceptors (Lipinski definition) is 3. The maximum absolute atomic E-state index is 5.55. The standard InChI is InChI=1S/C16H34N2O/c1-7-19-9-8-18-12-14(10-13(2)3)17-11-15(18)16(4,5)6/h13-15,17H,7-12H2,1-6H3. The zero-order valence-corrected chi connectivity index (χ0v) is 13.8. The first-order valence-corrected chi connectivity index (χ1v) is 7.89. The van der Waals surface area contributed by atoms with Crippen molar-refractivity contribution in [2.75, 3.05) is 32.8 Å². The number of nitrogens with zero attached hydrogens (tertiary/aromatic N) is 1. The molecule has 1 rings (SSSR count). The monoisotopic (exact) mass is 270 g/mol. The van der Waals surface area contributed by atoms with Gasteiger partial charge in [-0.3, -0.25) is 4.90 Å². The lowest BCUT2D eigenvalue weighted by atomic mass is 9.83. The molecule has 0 spiro atoms. The normalized spacial score (nSPS) is 26.1. The smallest absolute Gasteiger partial charge is 0.0593 e. The topological polar surface area (TPSA) is 24.5 Å². The van der Waals surface area contributed by atoms with Crippen molar-refractivity contribution >= 4 is 0 Å². The molecular weight excluding hydrogens is 236 g/mol. The van der Waals surface area contributed by atoms with Gasteiger partial charge in [0.05, 0.1) is 6.61 Å². The predicted molar refractivity (Wildman–Crippen MR) is 82.6 cm³/mol. The number of rotatable bonds is 6. The minimum Gasteiger partial charge on any atom is -0.380 e. The minimum absolute atomic E-state index is 0.321. The van der Waals surface area contributed by atoms with E-state index in [1.165, 1.54) is 6.42 Å². The van der Waals surface area contributed by atoms with Gasteiger partial charge in [-0.2, -0.15) is 0 Å². The summed E-state index contributed by atoms with van der Waals surface area (Å²) in [5.41, 5.74) is 0.321. The van der Waals surface area contributed by atoms with E-state index in [0.717, 1.165) is 38.8 Å². The number of piperazine rings is 1. The van der Waals surface area contributed by atoms with Gasteiger partial charge in [-0.1, -0.05) is 34.6 Å². The Morgan fingerprint density at radius 1 is 1.32 bits per heavy atom. The third-order valence-corrected chi connectivity index (χ3v) is 3.98. The minimum atomic E-state index is 0.321. The fourth-order valence-electron chi connectivity index (χ4n) is 3.04. The Hall–Kier alpha value is -0.120. The van der Waals surface area contributed by atoms with E-state index >= 15 is 0 Å². The summed E-state index contributed by atoms with van der Waals surface area (Å²) in [6, 6.07) is 1.25. The van der Waals surface area contributed by atoms with E-state index in [2.05, 4.69) is 51.8 Å². The number of ether oxygens (including phenoxy) is 1. The summed E-state index contributed by atoms with van der Waals surface area (Å²) < 4.78 is 5.55. The van der Waals surface area contributed by atoms with Crippen LogP contribution in [0, 0.1) is 11.3 Å². The summed E-state index contributed by atoms with van der Waals surface area (Å²) in [6.45, 7) is 18.7. The van der Waals surface area contributed by atoms with Crippen LogP contribution in [0.1, 0.15) is 48.0 Å². The van der Waals surface area contributed by atoms with Crippen LogP contribution in [0.5, 0.6) is 0 Å². The van der Waals surface area contributed by atoms with Crippen molar-refractivity contribution in [1.82, 2.24) is 10.2 Å². The van der Waals surface area contributed by atoms with E-state index in [9.17, 15) is 0 Å². The van der Waals surface area contributed by atoms with E-state index in [4.69, 9.17) is 4.74 Å². The van der Waals surface area contributed by atoms with Gasteiger partial charge < -0.3 is 10.1 Å². The molecule has 1 N–H and O–H groups in total. The molecule has 2 atom stereocenters. The van der Waals surface area contributed by atoms with E-state index in [1.54, 1.807) is 0 Å². The molecule has 114 valence electrons. The molecule has 3 nitrogen and oxygen atoms in total. The van der Waals surface area contributed by atoms with Crippen molar-refractivity contribution in [3.8, 4) is 0 Å². The molecule has 0 saturated carbocycles. The molecule has 1 fully saturated rings. The summed E-state index contributed by atoms with van der Waals surface area (Å²) in [6.07, 6.45) is 1.27. The molecule has 3 heteroatoms. The van der Waals surface area contributed by atoms with Crippen LogP contribution in [0.4, 0.5) is 0 Å². The lowest BCUT2D eigenvalue weighted by molar-refractivity contribution is 0.0244. The molecule has 1 heterocycles. The van der Waals surface area contributed by atoms with Crippen LogP contribution in [0.25, 0.3) is 0 Å². The van der Waals surface area contributed by atoms with Gasteiger partial charge in [-0.25, -0.2) is 0 Å². The average Bonchev–Trinajstić information content (AvgIpc) is 2.27. The second-order valence-corrected chi connectivity index (χ2v) is 7.31. The average molecular weight is 270 g/mol. The first-order chi connectivity index (χ1) is 8.84. The second-order valence-electron chi connectivity index (χ2n) is 7.31.